The molecule has 2 nitrogen and oxygen atoms in total. The summed E-state index contributed by atoms with van der Waals surface area (Å²) >= 11 is 1.50. The van der Waals surface area contributed by atoms with Crippen molar-refractivity contribution in [2.45, 2.75) is 45.4 Å². The molecule has 3 heteroatoms. The topological polar surface area (TPSA) is 37.3 Å². The van der Waals surface area contributed by atoms with Crippen LogP contribution in [0.15, 0.2) is 11.0 Å². The van der Waals surface area contributed by atoms with Crippen LogP contribution in [0.5, 0.6) is 0 Å². The van der Waals surface area contributed by atoms with Gasteiger partial charge in [-0.1, -0.05) is 13.0 Å². The van der Waals surface area contributed by atoms with E-state index in [4.69, 9.17) is 0 Å². The molecule has 0 aliphatic heterocycles. The molecule has 4 aliphatic rings. The molecule has 0 saturated heterocycles. The summed E-state index contributed by atoms with van der Waals surface area (Å²) in [7, 11) is 0. The molecule has 18 heavy (non-hydrogen) atoms. The lowest BCUT2D eigenvalue weighted by Gasteiger charge is -2.56. The summed E-state index contributed by atoms with van der Waals surface area (Å²) in [5.74, 6) is 2.78. The van der Waals surface area contributed by atoms with Gasteiger partial charge in [-0.15, -0.1) is 11.8 Å². The highest BCUT2D eigenvalue weighted by atomic mass is 32.2. The van der Waals surface area contributed by atoms with Crippen molar-refractivity contribution in [1.29, 1.82) is 0 Å². The molecule has 0 spiro atoms. The van der Waals surface area contributed by atoms with Gasteiger partial charge in [0.15, 0.2) is 0 Å². The molecule has 0 atom stereocenters. The van der Waals surface area contributed by atoms with E-state index in [1.54, 1.807) is 0 Å². The second-order valence-corrected chi connectivity index (χ2v) is 7.83. The largest absolute Gasteiger partial charge is 0.477 e. The number of carbonyl (C=O) groups is 1. The number of aliphatic carboxylic acids is 1. The predicted octanol–water partition coefficient (Wildman–Crippen LogP) is 3.92. The van der Waals surface area contributed by atoms with Gasteiger partial charge < -0.3 is 5.11 Å². The minimum absolute atomic E-state index is 0.241. The van der Waals surface area contributed by atoms with Crippen LogP contribution in [0.4, 0.5) is 0 Å². The Balaban J connectivity index is 1.86. The van der Waals surface area contributed by atoms with E-state index >= 15 is 0 Å². The van der Waals surface area contributed by atoms with E-state index in [2.05, 4.69) is 6.08 Å². The van der Waals surface area contributed by atoms with Crippen molar-refractivity contribution in [2.24, 2.45) is 23.2 Å². The number of carboxylic acid groups (broad SMARTS) is 1. The summed E-state index contributed by atoms with van der Waals surface area (Å²) in [4.78, 5) is 11.9. The van der Waals surface area contributed by atoms with Gasteiger partial charge in [0.25, 0.3) is 0 Å². The van der Waals surface area contributed by atoms with Gasteiger partial charge in [0.1, 0.15) is 0 Å². The van der Waals surface area contributed by atoms with Crippen LogP contribution in [-0.4, -0.2) is 16.8 Å². The van der Waals surface area contributed by atoms with E-state index in [1.807, 2.05) is 6.92 Å². The van der Waals surface area contributed by atoms with Gasteiger partial charge in [-0.2, -0.15) is 0 Å². The van der Waals surface area contributed by atoms with Gasteiger partial charge in [-0.05, 0) is 67.4 Å². The Kier molecular flexibility index (Phi) is 3.21. The molecule has 0 unspecified atom stereocenters. The first-order chi connectivity index (χ1) is 8.60. The van der Waals surface area contributed by atoms with Crippen molar-refractivity contribution >= 4 is 17.7 Å². The Labute approximate surface area is 113 Å². The first kappa shape index (κ1) is 12.6. The number of carboxylic acids is 1. The highest BCUT2D eigenvalue weighted by Gasteiger charge is 2.50. The van der Waals surface area contributed by atoms with E-state index in [9.17, 15) is 9.90 Å². The molecule has 4 saturated carbocycles. The van der Waals surface area contributed by atoms with Crippen LogP contribution in [-0.2, 0) is 4.79 Å². The van der Waals surface area contributed by atoms with Crippen LogP contribution in [0.25, 0.3) is 0 Å². The Bertz CT molecular complexity index is 351. The summed E-state index contributed by atoms with van der Waals surface area (Å²) < 4.78 is 0. The van der Waals surface area contributed by atoms with E-state index in [-0.39, 0.29) is 5.41 Å². The summed E-state index contributed by atoms with van der Waals surface area (Å²) in [5.41, 5.74) is 0.241. The Morgan fingerprint density at radius 2 is 1.72 bits per heavy atom. The van der Waals surface area contributed by atoms with Crippen LogP contribution in [0.2, 0.25) is 0 Å². The maximum atomic E-state index is 11.3. The molecular formula is C15H22O2S. The van der Waals surface area contributed by atoms with Crippen molar-refractivity contribution in [3.63, 3.8) is 0 Å². The fourth-order valence-electron chi connectivity index (χ4n) is 4.95. The second kappa shape index (κ2) is 4.59. The maximum Gasteiger partial charge on any atom is 0.341 e. The van der Waals surface area contributed by atoms with Crippen LogP contribution >= 0.6 is 11.8 Å². The smallest absolute Gasteiger partial charge is 0.341 e. The maximum absolute atomic E-state index is 11.3. The van der Waals surface area contributed by atoms with E-state index in [0.717, 1.165) is 23.5 Å². The van der Waals surface area contributed by atoms with Crippen molar-refractivity contribution in [1.82, 2.24) is 0 Å². The standard InChI is InChI=1S/C15H22O2S/c1-2-18-13(14(16)17)9-15-6-10-3-11(7-15)5-12(4-10)8-15/h9-12H,2-8H2,1H3,(H,16,17)/b13-9+. The normalized spacial score (nSPS) is 42.3. The lowest BCUT2D eigenvalue weighted by molar-refractivity contribution is -0.132. The number of rotatable bonds is 4. The number of hydrogen-bond donors (Lipinski definition) is 1. The first-order valence-corrected chi connectivity index (χ1v) is 8.18. The molecule has 1 N–H and O–H groups in total. The van der Waals surface area contributed by atoms with Gasteiger partial charge in [0, 0.05) is 0 Å². The lowest BCUT2D eigenvalue weighted by Crippen LogP contribution is -2.45. The van der Waals surface area contributed by atoms with Gasteiger partial charge in [0.2, 0.25) is 0 Å². The number of thioether (sulfide) groups is 1. The third kappa shape index (κ3) is 2.22. The molecule has 0 amide bonds. The van der Waals surface area contributed by atoms with Gasteiger partial charge in [0.05, 0.1) is 4.91 Å². The zero-order valence-corrected chi connectivity index (χ0v) is 11.8. The quantitative estimate of drug-likeness (QED) is 0.783. The second-order valence-electron chi connectivity index (χ2n) is 6.53. The SMILES string of the molecule is CCS/C(=C/C12CC3CC(CC(C3)C1)C2)C(=O)O. The molecule has 0 aromatic heterocycles. The minimum Gasteiger partial charge on any atom is -0.477 e. The molecule has 4 rings (SSSR count). The molecular weight excluding hydrogens is 244 g/mol. The molecule has 0 radical (unpaired) electrons. The van der Waals surface area contributed by atoms with Crippen molar-refractivity contribution in [2.75, 3.05) is 5.75 Å². The molecule has 0 aromatic carbocycles. The van der Waals surface area contributed by atoms with Crippen molar-refractivity contribution < 1.29 is 9.90 Å². The summed E-state index contributed by atoms with van der Waals surface area (Å²) in [5, 5.41) is 9.32. The summed E-state index contributed by atoms with van der Waals surface area (Å²) in [6.45, 7) is 2.03. The summed E-state index contributed by atoms with van der Waals surface area (Å²) in [6.07, 6.45) is 10.1. The fraction of sp³-hybridized carbons (Fsp3) is 0.800. The van der Waals surface area contributed by atoms with Gasteiger partial charge >= 0.3 is 5.97 Å². The predicted molar refractivity (Wildman–Crippen MR) is 74.5 cm³/mol. The highest BCUT2D eigenvalue weighted by Crippen LogP contribution is 2.61. The Morgan fingerprint density at radius 3 is 2.11 bits per heavy atom. The molecule has 4 aliphatic carbocycles. The van der Waals surface area contributed by atoms with Crippen LogP contribution < -0.4 is 0 Å². The number of allylic oxidation sites excluding steroid dienone is 1. The van der Waals surface area contributed by atoms with Gasteiger partial charge in [-0.25, -0.2) is 4.79 Å². The average Bonchev–Trinajstić information content (AvgIpc) is 2.26. The van der Waals surface area contributed by atoms with Crippen LogP contribution in [0.3, 0.4) is 0 Å². The fourth-order valence-corrected chi connectivity index (χ4v) is 5.72. The molecule has 0 heterocycles. The van der Waals surface area contributed by atoms with Crippen molar-refractivity contribution in [3.8, 4) is 0 Å². The molecule has 4 fully saturated rings. The zero-order chi connectivity index (χ0) is 12.8. The molecule has 0 aromatic rings. The monoisotopic (exact) mass is 266 g/mol. The Morgan fingerprint density at radius 1 is 1.22 bits per heavy atom. The third-order valence-corrected chi connectivity index (χ3v) is 5.93. The minimum atomic E-state index is -0.724. The zero-order valence-electron chi connectivity index (χ0n) is 11.0. The average molecular weight is 266 g/mol. The van der Waals surface area contributed by atoms with Gasteiger partial charge in [-0.3, -0.25) is 0 Å². The molecule has 4 bridgehead atoms. The van der Waals surface area contributed by atoms with Crippen LogP contribution in [0, 0.1) is 23.2 Å². The first-order valence-electron chi connectivity index (χ1n) is 7.19. The van der Waals surface area contributed by atoms with E-state index < -0.39 is 5.97 Å². The Hall–Kier alpha value is -0.440. The highest BCUT2D eigenvalue weighted by molar-refractivity contribution is 8.03. The number of hydrogen-bond acceptors (Lipinski definition) is 2. The third-order valence-electron chi connectivity index (χ3n) is 5.03. The van der Waals surface area contributed by atoms with Crippen molar-refractivity contribution in [3.05, 3.63) is 11.0 Å². The van der Waals surface area contributed by atoms with Crippen LogP contribution in [0.1, 0.15) is 45.4 Å². The van der Waals surface area contributed by atoms with E-state index in [1.165, 1.54) is 50.3 Å². The summed E-state index contributed by atoms with van der Waals surface area (Å²) in [6, 6.07) is 0. The molecule has 100 valence electrons. The lowest BCUT2D eigenvalue weighted by atomic mass is 9.49. The van der Waals surface area contributed by atoms with E-state index in [0.29, 0.717) is 4.91 Å².